The van der Waals surface area contributed by atoms with E-state index in [1.807, 2.05) is 36.4 Å². The third-order valence-corrected chi connectivity index (χ3v) is 4.26. The van der Waals surface area contributed by atoms with E-state index in [9.17, 15) is 10.1 Å². The standard InChI is InChI=1S/C20H14N4O2/c21-18-10-9-17(15-3-1-2-4-16(15)18)20-19(22-11-12-23-20)13-5-7-14(8-6-13)24(25)26/h1-12H,21H2. The van der Waals surface area contributed by atoms with Gasteiger partial charge in [0.25, 0.3) is 5.69 Å². The molecule has 0 aliphatic rings. The Morgan fingerprint density at radius 3 is 2.15 bits per heavy atom. The minimum Gasteiger partial charge on any atom is -0.398 e. The molecule has 6 nitrogen and oxygen atoms in total. The van der Waals surface area contributed by atoms with Crippen molar-refractivity contribution < 1.29 is 4.92 Å². The number of nitrogens with zero attached hydrogens (tertiary/aromatic N) is 3. The molecule has 0 radical (unpaired) electrons. The fourth-order valence-electron chi connectivity index (χ4n) is 3.02. The number of rotatable bonds is 3. The summed E-state index contributed by atoms with van der Waals surface area (Å²) in [5.74, 6) is 0. The highest BCUT2D eigenvalue weighted by Gasteiger charge is 2.15. The molecule has 0 atom stereocenters. The molecular formula is C20H14N4O2. The summed E-state index contributed by atoms with van der Waals surface area (Å²) >= 11 is 0. The van der Waals surface area contributed by atoms with Gasteiger partial charge in [-0.05, 0) is 23.6 Å². The van der Waals surface area contributed by atoms with Gasteiger partial charge in [0, 0.05) is 46.7 Å². The van der Waals surface area contributed by atoms with Crippen LogP contribution >= 0.6 is 0 Å². The number of hydrogen-bond acceptors (Lipinski definition) is 5. The van der Waals surface area contributed by atoms with Gasteiger partial charge in [-0.3, -0.25) is 20.1 Å². The smallest absolute Gasteiger partial charge is 0.269 e. The van der Waals surface area contributed by atoms with Gasteiger partial charge in [0.05, 0.1) is 16.3 Å². The van der Waals surface area contributed by atoms with Gasteiger partial charge in [0.15, 0.2) is 0 Å². The van der Waals surface area contributed by atoms with Crippen molar-refractivity contribution in [3.05, 3.63) is 83.2 Å². The molecule has 0 saturated carbocycles. The third kappa shape index (κ3) is 2.63. The Kier molecular flexibility index (Phi) is 3.78. The van der Waals surface area contributed by atoms with Gasteiger partial charge in [-0.2, -0.15) is 0 Å². The van der Waals surface area contributed by atoms with E-state index in [2.05, 4.69) is 9.97 Å². The van der Waals surface area contributed by atoms with E-state index in [0.717, 1.165) is 21.9 Å². The van der Waals surface area contributed by atoms with Crippen LogP contribution in [0.3, 0.4) is 0 Å². The second-order valence-corrected chi connectivity index (χ2v) is 5.81. The Bertz CT molecular complexity index is 1120. The molecule has 2 N–H and O–H groups in total. The van der Waals surface area contributed by atoms with Crippen molar-refractivity contribution in [3.63, 3.8) is 0 Å². The summed E-state index contributed by atoms with van der Waals surface area (Å²) in [4.78, 5) is 19.5. The third-order valence-electron chi connectivity index (χ3n) is 4.26. The van der Waals surface area contributed by atoms with Crippen molar-refractivity contribution in [1.82, 2.24) is 9.97 Å². The minimum absolute atomic E-state index is 0.0390. The van der Waals surface area contributed by atoms with E-state index in [4.69, 9.17) is 5.73 Å². The zero-order chi connectivity index (χ0) is 18.1. The minimum atomic E-state index is -0.422. The Balaban J connectivity index is 1.93. The van der Waals surface area contributed by atoms with E-state index in [0.29, 0.717) is 17.1 Å². The van der Waals surface area contributed by atoms with Crippen LogP contribution < -0.4 is 5.73 Å². The van der Waals surface area contributed by atoms with Crippen LogP contribution in [0.4, 0.5) is 11.4 Å². The molecule has 0 saturated heterocycles. The van der Waals surface area contributed by atoms with Crippen LogP contribution in [0.2, 0.25) is 0 Å². The number of nitrogen functional groups attached to an aromatic ring is 1. The topological polar surface area (TPSA) is 94.9 Å². The fraction of sp³-hybridized carbons (Fsp3) is 0. The average molecular weight is 342 g/mol. The van der Waals surface area contributed by atoms with E-state index in [1.165, 1.54) is 12.1 Å². The number of non-ortho nitro benzene ring substituents is 1. The van der Waals surface area contributed by atoms with Crippen LogP contribution in [-0.2, 0) is 0 Å². The fourth-order valence-corrected chi connectivity index (χ4v) is 3.02. The summed E-state index contributed by atoms with van der Waals surface area (Å²) in [7, 11) is 0. The lowest BCUT2D eigenvalue weighted by atomic mass is 9.97. The summed E-state index contributed by atoms with van der Waals surface area (Å²) < 4.78 is 0. The maximum Gasteiger partial charge on any atom is 0.269 e. The van der Waals surface area contributed by atoms with Gasteiger partial charge in [-0.1, -0.05) is 30.3 Å². The molecule has 3 aromatic carbocycles. The van der Waals surface area contributed by atoms with Crippen molar-refractivity contribution in [1.29, 1.82) is 0 Å². The monoisotopic (exact) mass is 342 g/mol. The Morgan fingerprint density at radius 2 is 1.46 bits per heavy atom. The van der Waals surface area contributed by atoms with Crippen LogP contribution in [0.5, 0.6) is 0 Å². The molecule has 0 bridgehead atoms. The molecule has 1 heterocycles. The predicted octanol–water partition coefficient (Wildman–Crippen LogP) is 4.45. The molecule has 0 aliphatic carbocycles. The lowest BCUT2D eigenvalue weighted by molar-refractivity contribution is -0.384. The van der Waals surface area contributed by atoms with Crippen molar-refractivity contribution in [2.75, 3.05) is 5.73 Å². The predicted molar refractivity (Wildman–Crippen MR) is 101 cm³/mol. The zero-order valence-electron chi connectivity index (χ0n) is 13.7. The Hall–Kier alpha value is -3.80. The molecule has 0 fully saturated rings. The molecule has 4 rings (SSSR count). The molecule has 126 valence electrons. The number of fused-ring (bicyclic) bond motifs is 1. The van der Waals surface area contributed by atoms with Gasteiger partial charge >= 0.3 is 0 Å². The van der Waals surface area contributed by atoms with Crippen molar-refractivity contribution in [2.45, 2.75) is 0 Å². The Labute approximate surface area is 149 Å². The number of aromatic nitrogens is 2. The van der Waals surface area contributed by atoms with Crippen LogP contribution in [0.15, 0.2) is 73.1 Å². The zero-order valence-corrected chi connectivity index (χ0v) is 13.7. The van der Waals surface area contributed by atoms with Crippen LogP contribution in [-0.4, -0.2) is 14.9 Å². The first-order valence-electron chi connectivity index (χ1n) is 7.98. The average Bonchev–Trinajstić information content (AvgIpc) is 2.69. The van der Waals surface area contributed by atoms with E-state index in [-0.39, 0.29) is 5.69 Å². The molecule has 0 spiro atoms. The first kappa shape index (κ1) is 15.7. The lowest BCUT2D eigenvalue weighted by Gasteiger charge is -2.12. The van der Waals surface area contributed by atoms with Crippen molar-refractivity contribution in [2.24, 2.45) is 0 Å². The normalized spacial score (nSPS) is 10.8. The van der Waals surface area contributed by atoms with E-state index >= 15 is 0 Å². The number of nitrogens with two attached hydrogens (primary N) is 1. The van der Waals surface area contributed by atoms with E-state index < -0.39 is 4.92 Å². The molecule has 0 aliphatic heterocycles. The summed E-state index contributed by atoms with van der Waals surface area (Å²) in [6.45, 7) is 0. The second-order valence-electron chi connectivity index (χ2n) is 5.81. The van der Waals surface area contributed by atoms with Gasteiger partial charge in [0.2, 0.25) is 0 Å². The quantitative estimate of drug-likeness (QED) is 0.337. The molecule has 6 heteroatoms. The lowest BCUT2D eigenvalue weighted by Crippen LogP contribution is -1.95. The van der Waals surface area contributed by atoms with Crippen LogP contribution in [0.25, 0.3) is 33.3 Å². The Morgan fingerprint density at radius 1 is 0.808 bits per heavy atom. The number of anilines is 1. The van der Waals surface area contributed by atoms with Gasteiger partial charge in [0.1, 0.15) is 0 Å². The molecule has 1 aromatic heterocycles. The molecule has 4 aromatic rings. The molecular weight excluding hydrogens is 328 g/mol. The highest BCUT2D eigenvalue weighted by atomic mass is 16.6. The summed E-state index contributed by atoms with van der Waals surface area (Å²) in [6.07, 6.45) is 3.25. The number of benzene rings is 3. The van der Waals surface area contributed by atoms with Crippen molar-refractivity contribution >= 4 is 22.1 Å². The summed E-state index contributed by atoms with van der Waals surface area (Å²) in [5.41, 5.74) is 9.88. The van der Waals surface area contributed by atoms with Crippen molar-refractivity contribution in [3.8, 4) is 22.5 Å². The molecule has 0 unspecified atom stereocenters. The number of nitro groups is 1. The highest BCUT2D eigenvalue weighted by molar-refractivity contribution is 6.03. The largest absolute Gasteiger partial charge is 0.398 e. The number of nitro benzene ring substituents is 1. The maximum absolute atomic E-state index is 10.9. The van der Waals surface area contributed by atoms with Gasteiger partial charge < -0.3 is 5.73 Å². The second kappa shape index (κ2) is 6.25. The van der Waals surface area contributed by atoms with Gasteiger partial charge in [-0.25, -0.2) is 0 Å². The highest BCUT2D eigenvalue weighted by Crippen LogP contribution is 2.35. The molecule has 0 amide bonds. The summed E-state index contributed by atoms with van der Waals surface area (Å²) in [5, 5.41) is 12.8. The molecule has 26 heavy (non-hydrogen) atoms. The summed E-state index contributed by atoms with van der Waals surface area (Å²) in [6, 6.07) is 17.9. The van der Waals surface area contributed by atoms with Crippen LogP contribution in [0, 0.1) is 10.1 Å². The number of hydrogen-bond donors (Lipinski definition) is 1. The first-order valence-corrected chi connectivity index (χ1v) is 7.98. The van der Waals surface area contributed by atoms with Crippen LogP contribution in [0.1, 0.15) is 0 Å². The first-order chi connectivity index (χ1) is 12.6. The van der Waals surface area contributed by atoms with E-state index in [1.54, 1.807) is 24.5 Å². The SMILES string of the molecule is Nc1ccc(-c2nccnc2-c2ccc([N+](=O)[O-])cc2)c2ccccc12. The van der Waals surface area contributed by atoms with Gasteiger partial charge in [-0.15, -0.1) is 0 Å². The maximum atomic E-state index is 10.9.